The maximum absolute atomic E-state index is 12.6. The fourth-order valence-electron chi connectivity index (χ4n) is 3.32. The van der Waals surface area contributed by atoms with Crippen LogP contribution in [0.25, 0.3) is 0 Å². The molecule has 140 valence electrons. The standard InChI is InChI=1S/C24H27NO2/c1-16-5-11-20(12-6-16)25-15-21-22(26)13-18(14-23(21)27)17-7-9-19(10-8-17)24(2,3)4/h5-12,15,18,26H,13-14H2,1-4H3. The summed E-state index contributed by atoms with van der Waals surface area (Å²) in [5.41, 5.74) is 4.72. The molecule has 0 fully saturated rings. The molecule has 27 heavy (non-hydrogen) atoms. The Balaban J connectivity index is 1.77. The fraction of sp³-hybridized carbons (Fsp3) is 0.333. The van der Waals surface area contributed by atoms with Crippen LogP contribution in [0.15, 0.2) is 64.9 Å². The van der Waals surface area contributed by atoms with Crippen molar-refractivity contribution in [1.82, 2.24) is 0 Å². The van der Waals surface area contributed by atoms with Gasteiger partial charge in [-0.25, -0.2) is 0 Å². The van der Waals surface area contributed by atoms with Crippen molar-refractivity contribution in [3.63, 3.8) is 0 Å². The second-order valence-corrected chi connectivity index (χ2v) is 8.35. The molecule has 0 radical (unpaired) electrons. The van der Waals surface area contributed by atoms with Crippen molar-refractivity contribution in [2.24, 2.45) is 4.99 Å². The fourth-order valence-corrected chi connectivity index (χ4v) is 3.32. The Morgan fingerprint density at radius 2 is 1.63 bits per heavy atom. The topological polar surface area (TPSA) is 49.7 Å². The van der Waals surface area contributed by atoms with Crippen LogP contribution in [0, 0.1) is 6.92 Å². The van der Waals surface area contributed by atoms with Gasteiger partial charge in [-0.05, 0) is 41.5 Å². The van der Waals surface area contributed by atoms with Gasteiger partial charge in [0.1, 0.15) is 5.76 Å². The van der Waals surface area contributed by atoms with Gasteiger partial charge < -0.3 is 5.11 Å². The largest absolute Gasteiger partial charge is 0.511 e. The minimum Gasteiger partial charge on any atom is -0.511 e. The van der Waals surface area contributed by atoms with Gasteiger partial charge in [0, 0.05) is 19.1 Å². The van der Waals surface area contributed by atoms with Gasteiger partial charge in [-0.1, -0.05) is 62.7 Å². The number of ketones is 1. The Labute approximate surface area is 161 Å². The van der Waals surface area contributed by atoms with Crippen molar-refractivity contribution in [3.8, 4) is 0 Å². The Kier molecular flexibility index (Phi) is 5.31. The lowest BCUT2D eigenvalue weighted by atomic mass is 9.81. The van der Waals surface area contributed by atoms with E-state index < -0.39 is 0 Å². The molecule has 1 aliphatic carbocycles. The third-order valence-electron chi connectivity index (χ3n) is 5.11. The lowest BCUT2D eigenvalue weighted by Gasteiger charge is -2.24. The summed E-state index contributed by atoms with van der Waals surface area (Å²) in [5.74, 6) is 0.0922. The second-order valence-electron chi connectivity index (χ2n) is 8.35. The molecule has 0 saturated heterocycles. The highest BCUT2D eigenvalue weighted by Gasteiger charge is 2.28. The highest BCUT2D eigenvalue weighted by atomic mass is 16.3. The smallest absolute Gasteiger partial charge is 0.168 e. The van der Waals surface area contributed by atoms with E-state index in [1.54, 1.807) is 0 Å². The zero-order valence-electron chi connectivity index (χ0n) is 16.5. The molecular weight excluding hydrogens is 334 g/mol. The molecule has 1 unspecified atom stereocenters. The summed E-state index contributed by atoms with van der Waals surface area (Å²) in [7, 11) is 0. The van der Waals surface area contributed by atoms with Gasteiger partial charge in [0.25, 0.3) is 0 Å². The molecule has 3 nitrogen and oxygen atoms in total. The van der Waals surface area contributed by atoms with Crippen LogP contribution in [0.1, 0.15) is 56.2 Å². The molecule has 0 heterocycles. The first kappa shape index (κ1) is 19.1. The molecule has 1 N–H and O–H groups in total. The molecular formula is C24H27NO2. The van der Waals surface area contributed by atoms with Crippen LogP contribution in [0.4, 0.5) is 5.69 Å². The van der Waals surface area contributed by atoms with Gasteiger partial charge in [-0.2, -0.15) is 0 Å². The minimum absolute atomic E-state index is 0.0167. The lowest BCUT2D eigenvalue weighted by molar-refractivity contribution is -0.116. The van der Waals surface area contributed by atoms with Crippen LogP contribution in [0.5, 0.6) is 0 Å². The molecule has 1 atom stereocenters. The van der Waals surface area contributed by atoms with E-state index in [9.17, 15) is 9.90 Å². The lowest BCUT2D eigenvalue weighted by Crippen LogP contribution is -2.19. The van der Waals surface area contributed by atoms with Gasteiger partial charge in [-0.15, -0.1) is 0 Å². The molecule has 2 aromatic carbocycles. The van der Waals surface area contributed by atoms with Crippen LogP contribution in [-0.2, 0) is 10.2 Å². The Morgan fingerprint density at radius 3 is 2.19 bits per heavy atom. The summed E-state index contributed by atoms with van der Waals surface area (Å²) < 4.78 is 0. The number of rotatable bonds is 3. The molecule has 0 bridgehead atoms. The summed E-state index contributed by atoms with van der Waals surface area (Å²) in [4.78, 5) is 16.9. The molecule has 2 aromatic rings. The van der Waals surface area contributed by atoms with E-state index in [1.807, 2.05) is 31.2 Å². The normalized spacial score (nSPS) is 18.4. The van der Waals surface area contributed by atoms with Crippen LogP contribution < -0.4 is 0 Å². The number of hydrogen-bond donors (Lipinski definition) is 1. The third-order valence-corrected chi connectivity index (χ3v) is 5.11. The molecule has 0 aliphatic heterocycles. The van der Waals surface area contributed by atoms with E-state index in [1.165, 1.54) is 11.8 Å². The quantitative estimate of drug-likeness (QED) is 0.686. The van der Waals surface area contributed by atoms with Crippen LogP contribution in [0.3, 0.4) is 0 Å². The van der Waals surface area contributed by atoms with Gasteiger partial charge >= 0.3 is 0 Å². The number of Topliss-reactive ketones (excluding diaryl/α,β-unsaturated/α-hetero) is 1. The molecule has 0 saturated carbocycles. The summed E-state index contributed by atoms with van der Waals surface area (Å²) in [6.45, 7) is 8.56. The maximum Gasteiger partial charge on any atom is 0.168 e. The number of benzene rings is 2. The Bertz CT molecular complexity index is 881. The summed E-state index contributed by atoms with van der Waals surface area (Å²) in [6.07, 6.45) is 2.37. The first-order chi connectivity index (χ1) is 12.7. The van der Waals surface area contributed by atoms with Crippen LogP contribution >= 0.6 is 0 Å². The zero-order valence-corrected chi connectivity index (χ0v) is 16.5. The number of allylic oxidation sites excluding steroid dienone is 2. The van der Waals surface area contributed by atoms with Gasteiger partial charge in [0.15, 0.2) is 5.78 Å². The molecule has 3 rings (SSSR count). The average molecular weight is 361 g/mol. The van der Waals surface area contributed by atoms with Crippen molar-refractivity contribution in [1.29, 1.82) is 0 Å². The second kappa shape index (κ2) is 7.51. The summed E-state index contributed by atoms with van der Waals surface area (Å²) in [5, 5.41) is 10.4. The minimum atomic E-state index is -0.0560. The molecule has 0 amide bonds. The number of carbonyl (C=O) groups is 1. The highest BCUT2D eigenvalue weighted by molar-refractivity contribution is 6.15. The van der Waals surface area contributed by atoms with E-state index >= 15 is 0 Å². The van der Waals surface area contributed by atoms with Crippen LogP contribution in [0.2, 0.25) is 0 Å². The molecule has 0 aromatic heterocycles. The van der Waals surface area contributed by atoms with Crippen molar-refractivity contribution < 1.29 is 9.90 Å². The van der Waals surface area contributed by atoms with Gasteiger partial charge in [0.2, 0.25) is 0 Å². The first-order valence-electron chi connectivity index (χ1n) is 9.40. The van der Waals surface area contributed by atoms with Crippen molar-refractivity contribution in [2.75, 3.05) is 0 Å². The molecule has 3 heteroatoms. The number of aliphatic hydroxyl groups excluding tert-OH is 1. The zero-order chi connectivity index (χ0) is 19.6. The first-order valence-corrected chi connectivity index (χ1v) is 9.40. The Hall–Kier alpha value is -2.68. The number of hydrogen-bond acceptors (Lipinski definition) is 3. The van der Waals surface area contributed by atoms with Crippen LogP contribution in [-0.4, -0.2) is 17.1 Å². The van der Waals surface area contributed by atoms with E-state index in [4.69, 9.17) is 0 Å². The number of aryl methyl sites for hydroxylation is 1. The number of carbonyl (C=O) groups excluding carboxylic acids is 1. The highest BCUT2D eigenvalue weighted by Crippen LogP contribution is 2.34. The van der Waals surface area contributed by atoms with Crippen molar-refractivity contribution in [2.45, 2.75) is 51.9 Å². The van der Waals surface area contributed by atoms with E-state index in [0.29, 0.717) is 18.4 Å². The number of nitrogens with zero attached hydrogens (tertiary/aromatic N) is 1. The van der Waals surface area contributed by atoms with E-state index in [0.717, 1.165) is 16.8 Å². The van der Waals surface area contributed by atoms with E-state index in [-0.39, 0.29) is 22.9 Å². The predicted molar refractivity (Wildman–Crippen MR) is 111 cm³/mol. The third kappa shape index (κ3) is 4.54. The monoisotopic (exact) mass is 361 g/mol. The number of aliphatic hydroxyl groups is 1. The predicted octanol–water partition coefficient (Wildman–Crippen LogP) is 5.95. The molecule has 0 spiro atoms. The maximum atomic E-state index is 12.6. The summed E-state index contributed by atoms with van der Waals surface area (Å²) in [6, 6.07) is 16.1. The van der Waals surface area contributed by atoms with E-state index in [2.05, 4.69) is 50.0 Å². The summed E-state index contributed by atoms with van der Waals surface area (Å²) >= 11 is 0. The molecule has 1 aliphatic rings. The van der Waals surface area contributed by atoms with Crippen molar-refractivity contribution in [3.05, 3.63) is 76.6 Å². The van der Waals surface area contributed by atoms with Gasteiger partial charge in [0.05, 0.1) is 11.3 Å². The van der Waals surface area contributed by atoms with Crippen molar-refractivity contribution >= 4 is 17.7 Å². The average Bonchev–Trinajstić information content (AvgIpc) is 2.62. The SMILES string of the molecule is Cc1ccc(N=CC2=C(O)CC(c3ccc(C(C)(C)C)cc3)CC2=O)cc1. The van der Waals surface area contributed by atoms with Gasteiger partial charge in [-0.3, -0.25) is 9.79 Å². The number of aliphatic imine (C=N–C) groups is 1. The Morgan fingerprint density at radius 1 is 1.00 bits per heavy atom.